The molecule has 2 aromatic carbocycles. The highest BCUT2D eigenvalue weighted by atomic mass is 16.5. The number of para-hydroxylation sites is 3. The number of methoxy groups -OCH3 is 1. The topological polar surface area (TPSA) is 108 Å². The molecule has 2 aromatic heterocycles. The predicted molar refractivity (Wildman–Crippen MR) is 102 cm³/mol. The third kappa shape index (κ3) is 2.93. The van der Waals surface area contributed by atoms with Crippen LogP contribution >= 0.6 is 0 Å². The summed E-state index contributed by atoms with van der Waals surface area (Å²) < 4.78 is 6.62. The Morgan fingerprint density at radius 3 is 2.70 bits per heavy atom. The first-order valence-corrected chi connectivity index (χ1v) is 8.16. The number of aromatic nitrogens is 4. The molecule has 0 aliphatic carbocycles. The number of imidazole rings is 1. The van der Waals surface area contributed by atoms with Crippen molar-refractivity contribution in [2.45, 2.75) is 0 Å². The van der Waals surface area contributed by atoms with E-state index < -0.39 is 5.97 Å². The van der Waals surface area contributed by atoms with Crippen LogP contribution in [0.15, 0.2) is 61.2 Å². The van der Waals surface area contributed by atoms with Gasteiger partial charge >= 0.3 is 5.97 Å². The van der Waals surface area contributed by atoms with Crippen molar-refractivity contribution in [3.63, 3.8) is 0 Å². The molecule has 8 heteroatoms. The van der Waals surface area contributed by atoms with E-state index >= 15 is 0 Å². The highest BCUT2D eigenvalue weighted by Crippen LogP contribution is 2.28. The molecule has 4 rings (SSSR count). The fraction of sp³-hybridized carbons (Fsp3) is 0.0526. The van der Waals surface area contributed by atoms with Gasteiger partial charge in [0.1, 0.15) is 18.3 Å². The molecule has 0 saturated carbocycles. The van der Waals surface area contributed by atoms with Crippen LogP contribution in [-0.2, 0) is 4.74 Å². The number of nitrogens with zero attached hydrogens (tertiary/aromatic N) is 4. The van der Waals surface area contributed by atoms with E-state index in [9.17, 15) is 4.79 Å². The molecule has 0 saturated heterocycles. The second kappa shape index (κ2) is 6.75. The Hall–Kier alpha value is -3.94. The third-order valence-electron chi connectivity index (χ3n) is 4.13. The molecule has 0 spiro atoms. The SMILES string of the molecule is COC(=O)c1ccccc1Nc1ncnc(-n2cnc3ccccc32)c1N. The molecule has 0 aliphatic rings. The van der Waals surface area contributed by atoms with E-state index in [2.05, 4.69) is 20.3 Å². The number of nitrogens with two attached hydrogens (primary N) is 1. The molecular weight excluding hydrogens is 344 g/mol. The fourth-order valence-corrected chi connectivity index (χ4v) is 2.81. The van der Waals surface area contributed by atoms with Gasteiger partial charge in [-0.15, -0.1) is 0 Å². The van der Waals surface area contributed by atoms with Gasteiger partial charge in [0.25, 0.3) is 0 Å². The van der Waals surface area contributed by atoms with Crippen LogP contribution in [0.5, 0.6) is 0 Å². The zero-order valence-corrected chi connectivity index (χ0v) is 14.5. The Labute approximate surface area is 154 Å². The molecule has 3 N–H and O–H groups in total. The number of anilines is 3. The zero-order chi connectivity index (χ0) is 18.8. The summed E-state index contributed by atoms with van der Waals surface area (Å²) in [6, 6.07) is 14.7. The number of hydrogen-bond acceptors (Lipinski definition) is 7. The Morgan fingerprint density at radius 1 is 1.07 bits per heavy atom. The van der Waals surface area contributed by atoms with Crippen LogP contribution in [0.3, 0.4) is 0 Å². The number of fused-ring (bicyclic) bond motifs is 1. The van der Waals surface area contributed by atoms with Crippen LogP contribution in [0.25, 0.3) is 16.9 Å². The Bertz CT molecular complexity index is 1140. The van der Waals surface area contributed by atoms with Crippen molar-refractivity contribution in [3.05, 3.63) is 66.7 Å². The van der Waals surface area contributed by atoms with E-state index in [1.165, 1.54) is 13.4 Å². The molecule has 0 amide bonds. The number of benzene rings is 2. The van der Waals surface area contributed by atoms with Crippen molar-refractivity contribution in [3.8, 4) is 5.82 Å². The first-order valence-electron chi connectivity index (χ1n) is 8.16. The van der Waals surface area contributed by atoms with Gasteiger partial charge in [-0.05, 0) is 24.3 Å². The van der Waals surface area contributed by atoms with E-state index in [0.717, 1.165) is 11.0 Å². The zero-order valence-electron chi connectivity index (χ0n) is 14.5. The van der Waals surface area contributed by atoms with Crippen molar-refractivity contribution in [1.82, 2.24) is 19.5 Å². The minimum Gasteiger partial charge on any atom is -0.465 e. The number of hydrogen-bond donors (Lipinski definition) is 2. The highest BCUT2D eigenvalue weighted by molar-refractivity contribution is 5.97. The number of carbonyl (C=O) groups excluding carboxylic acids is 1. The normalized spacial score (nSPS) is 10.7. The number of nitrogens with one attached hydrogen (secondary N) is 1. The summed E-state index contributed by atoms with van der Waals surface area (Å²) in [4.78, 5) is 24.9. The number of ether oxygens (including phenoxy) is 1. The maximum atomic E-state index is 12.0. The van der Waals surface area contributed by atoms with Gasteiger partial charge in [-0.25, -0.2) is 19.7 Å². The van der Waals surface area contributed by atoms with Gasteiger partial charge < -0.3 is 15.8 Å². The first-order chi connectivity index (χ1) is 13.2. The molecule has 8 nitrogen and oxygen atoms in total. The minimum atomic E-state index is -0.452. The highest BCUT2D eigenvalue weighted by Gasteiger charge is 2.16. The van der Waals surface area contributed by atoms with Crippen molar-refractivity contribution in [2.24, 2.45) is 0 Å². The summed E-state index contributed by atoms with van der Waals surface area (Å²) in [6.07, 6.45) is 3.07. The number of rotatable bonds is 4. The Balaban J connectivity index is 1.77. The minimum absolute atomic E-state index is 0.334. The lowest BCUT2D eigenvalue weighted by molar-refractivity contribution is 0.0602. The molecule has 134 valence electrons. The first kappa shape index (κ1) is 16.5. The lowest BCUT2D eigenvalue weighted by Crippen LogP contribution is -2.09. The fourth-order valence-electron chi connectivity index (χ4n) is 2.81. The number of carbonyl (C=O) groups is 1. The second-order valence-corrected chi connectivity index (χ2v) is 5.73. The van der Waals surface area contributed by atoms with Crippen molar-refractivity contribution in [1.29, 1.82) is 0 Å². The van der Waals surface area contributed by atoms with Gasteiger partial charge in [-0.2, -0.15) is 0 Å². The molecule has 0 aliphatic heterocycles. The molecule has 4 aromatic rings. The lowest BCUT2D eigenvalue weighted by atomic mass is 10.2. The Morgan fingerprint density at radius 2 is 1.85 bits per heavy atom. The standard InChI is InChI=1S/C19H16N6O2/c1-27-19(26)12-6-2-3-7-13(12)24-17-16(20)18(22-10-21-17)25-11-23-14-8-4-5-9-15(14)25/h2-11H,20H2,1H3,(H,21,22,24). The molecule has 0 radical (unpaired) electrons. The third-order valence-corrected chi connectivity index (χ3v) is 4.13. The molecule has 0 unspecified atom stereocenters. The van der Waals surface area contributed by atoms with Gasteiger partial charge in [0.2, 0.25) is 0 Å². The van der Waals surface area contributed by atoms with Crippen molar-refractivity contribution < 1.29 is 9.53 Å². The summed E-state index contributed by atoms with van der Waals surface area (Å²) in [5.74, 6) is 0.428. The quantitative estimate of drug-likeness (QED) is 0.539. The summed E-state index contributed by atoms with van der Waals surface area (Å²) in [5.41, 5.74) is 9.29. The molecule has 0 fully saturated rings. The molecular formula is C19H16N6O2. The predicted octanol–water partition coefficient (Wildman–Crippen LogP) is 2.93. The summed E-state index contributed by atoms with van der Waals surface area (Å²) in [7, 11) is 1.33. The lowest BCUT2D eigenvalue weighted by Gasteiger charge is -2.14. The second-order valence-electron chi connectivity index (χ2n) is 5.73. The van der Waals surface area contributed by atoms with Crippen LogP contribution in [0.4, 0.5) is 17.2 Å². The summed E-state index contributed by atoms with van der Waals surface area (Å²) in [5, 5.41) is 3.10. The van der Waals surface area contributed by atoms with Crippen LogP contribution in [0.1, 0.15) is 10.4 Å². The van der Waals surface area contributed by atoms with Gasteiger partial charge in [0.15, 0.2) is 11.6 Å². The summed E-state index contributed by atoms with van der Waals surface area (Å²) in [6.45, 7) is 0. The number of esters is 1. The van der Waals surface area contributed by atoms with E-state index in [0.29, 0.717) is 28.6 Å². The van der Waals surface area contributed by atoms with E-state index in [-0.39, 0.29) is 0 Å². The number of nitrogen functional groups attached to an aromatic ring is 1. The van der Waals surface area contributed by atoms with Crippen LogP contribution < -0.4 is 11.1 Å². The van der Waals surface area contributed by atoms with Crippen LogP contribution in [0, 0.1) is 0 Å². The van der Waals surface area contributed by atoms with Gasteiger partial charge in [0, 0.05) is 0 Å². The van der Waals surface area contributed by atoms with Gasteiger partial charge in [-0.1, -0.05) is 24.3 Å². The monoisotopic (exact) mass is 360 g/mol. The van der Waals surface area contributed by atoms with Crippen LogP contribution in [0.2, 0.25) is 0 Å². The van der Waals surface area contributed by atoms with Gasteiger partial charge in [0.05, 0.1) is 29.4 Å². The summed E-state index contributed by atoms with van der Waals surface area (Å²) >= 11 is 0. The molecule has 0 bridgehead atoms. The van der Waals surface area contributed by atoms with Gasteiger partial charge in [-0.3, -0.25) is 4.57 Å². The average molecular weight is 360 g/mol. The maximum Gasteiger partial charge on any atom is 0.339 e. The Kier molecular flexibility index (Phi) is 4.13. The van der Waals surface area contributed by atoms with E-state index in [1.54, 1.807) is 35.2 Å². The maximum absolute atomic E-state index is 12.0. The molecule has 0 atom stereocenters. The van der Waals surface area contributed by atoms with E-state index in [4.69, 9.17) is 10.5 Å². The van der Waals surface area contributed by atoms with Crippen molar-refractivity contribution >= 4 is 34.2 Å². The largest absolute Gasteiger partial charge is 0.465 e. The molecule has 2 heterocycles. The van der Waals surface area contributed by atoms with Crippen LogP contribution in [-0.4, -0.2) is 32.6 Å². The average Bonchev–Trinajstić information content (AvgIpc) is 3.13. The van der Waals surface area contributed by atoms with E-state index in [1.807, 2.05) is 24.3 Å². The smallest absolute Gasteiger partial charge is 0.339 e. The molecule has 27 heavy (non-hydrogen) atoms. The van der Waals surface area contributed by atoms with Crippen molar-refractivity contribution in [2.75, 3.05) is 18.2 Å².